The molecule has 1 aromatic carbocycles. The zero-order valence-corrected chi connectivity index (χ0v) is 12.4. The van der Waals surface area contributed by atoms with Crippen LogP contribution in [0.1, 0.15) is 20.7 Å². The third kappa shape index (κ3) is 1.63. The molecule has 2 saturated heterocycles. The predicted octanol–water partition coefficient (Wildman–Crippen LogP) is -0.351. The van der Waals surface area contributed by atoms with Gasteiger partial charge in [-0.1, -0.05) is 24.3 Å². The van der Waals surface area contributed by atoms with E-state index in [1.807, 2.05) is 0 Å². The summed E-state index contributed by atoms with van der Waals surface area (Å²) in [5.41, 5.74) is 0.292. The molecule has 0 bridgehead atoms. The Bertz CT molecular complexity index is 797. The smallest absolute Gasteiger partial charge is 0.292 e. The highest BCUT2D eigenvalue weighted by atomic mass is 32.2. The molecule has 1 aliphatic carbocycles. The first kappa shape index (κ1) is 14.0. The zero-order chi connectivity index (χ0) is 15.7. The Balaban J connectivity index is 2.03. The molecule has 2 unspecified atom stereocenters. The normalized spacial score (nSPS) is 32.0. The fraction of sp³-hybridized carbons (Fsp3) is 0.429. The molecule has 0 spiro atoms. The van der Waals surface area contributed by atoms with E-state index in [0.29, 0.717) is 26.2 Å². The van der Waals surface area contributed by atoms with Gasteiger partial charge in [0.05, 0.1) is 0 Å². The summed E-state index contributed by atoms with van der Waals surface area (Å²) in [6, 6.07) is 5.02. The molecule has 0 radical (unpaired) electrons. The minimum atomic E-state index is -4.79. The molecule has 1 aromatic rings. The number of ketones is 2. The maximum absolute atomic E-state index is 13.0. The Labute approximate surface area is 127 Å². The monoisotopic (exact) mass is 322 g/mol. The van der Waals surface area contributed by atoms with Gasteiger partial charge in [0.2, 0.25) is 10.7 Å². The largest absolute Gasteiger partial charge is 0.294 e. The van der Waals surface area contributed by atoms with E-state index in [4.69, 9.17) is 0 Å². The fourth-order valence-corrected chi connectivity index (χ4v) is 4.78. The molecule has 2 aliphatic heterocycles. The van der Waals surface area contributed by atoms with Gasteiger partial charge >= 0.3 is 0 Å². The van der Waals surface area contributed by atoms with Crippen LogP contribution in [0, 0.1) is 0 Å². The number of carbonyl (C=O) groups is 2. The molecular formula is C14H14N2O5S. The van der Waals surface area contributed by atoms with Crippen LogP contribution in [0.5, 0.6) is 0 Å². The lowest BCUT2D eigenvalue weighted by atomic mass is 9.81. The third-order valence-corrected chi connectivity index (χ3v) is 5.99. The summed E-state index contributed by atoms with van der Waals surface area (Å²) >= 11 is 0. The van der Waals surface area contributed by atoms with Crippen LogP contribution in [0.25, 0.3) is 0 Å². The summed E-state index contributed by atoms with van der Waals surface area (Å²) in [6.07, 6.45) is 0. The quantitative estimate of drug-likeness (QED) is 0.600. The van der Waals surface area contributed by atoms with Crippen LogP contribution in [0.15, 0.2) is 24.3 Å². The molecule has 2 fully saturated rings. The van der Waals surface area contributed by atoms with E-state index < -0.39 is 32.6 Å². The highest BCUT2D eigenvalue weighted by molar-refractivity contribution is 7.88. The van der Waals surface area contributed by atoms with Gasteiger partial charge in [0.1, 0.15) is 6.04 Å². The lowest BCUT2D eigenvalue weighted by molar-refractivity contribution is 0.0640. The van der Waals surface area contributed by atoms with Gasteiger partial charge in [0.15, 0.2) is 5.78 Å². The molecular weight excluding hydrogens is 308 g/mol. The molecule has 8 heteroatoms. The minimum Gasteiger partial charge on any atom is -0.292 e. The van der Waals surface area contributed by atoms with Crippen molar-refractivity contribution in [3.8, 4) is 0 Å². The van der Waals surface area contributed by atoms with Crippen LogP contribution in [0.4, 0.5) is 0 Å². The summed E-state index contributed by atoms with van der Waals surface area (Å²) < 4.78 is 34.3. The number of carbonyl (C=O) groups excluding carboxylic acids is 2. The lowest BCUT2D eigenvalue weighted by Gasteiger charge is -2.41. The summed E-state index contributed by atoms with van der Waals surface area (Å²) in [5, 5.41) is 0. The summed E-state index contributed by atoms with van der Waals surface area (Å²) in [7, 11) is -4.79. The molecule has 0 amide bonds. The van der Waals surface area contributed by atoms with Crippen LogP contribution in [0.3, 0.4) is 0 Å². The van der Waals surface area contributed by atoms with E-state index in [0.717, 1.165) is 0 Å². The first-order chi connectivity index (χ1) is 10.4. The molecule has 1 N–H and O–H groups in total. The van der Waals surface area contributed by atoms with E-state index in [1.165, 1.54) is 17.0 Å². The van der Waals surface area contributed by atoms with Crippen molar-refractivity contribution >= 4 is 21.7 Å². The van der Waals surface area contributed by atoms with E-state index in [9.17, 15) is 22.6 Å². The Morgan fingerprint density at radius 2 is 1.64 bits per heavy atom. The first-order valence-electron chi connectivity index (χ1n) is 7.03. The van der Waals surface area contributed by atoms with E-state index in [2.05, 4.69) is 0 Å². The van der Waals surface area contributed by atoms with Gasteiger partial charge in [-0.05, 0) is 0 Å². The number of hydrogen-bond donors (Lipinski definition) is 1. The topological polar surface area (TPSA) is 94.5 Å². The number of fused-ring (bicyclic) bond motifs is 1. The van der Waals surface area contributed by atoms with Crippen molar-refractivity contribution in [2.45, 2.75) is 10.9 Å². The summed E-state index contributed by atoms with van der Waals surface area (Å²) in [6.45, 7) is 1.81. The summed E-state index contributed by atoms with van der Waals surface area (Å²) in [5.74, 6) is -1.13. The van der Waals surface area contributed by atoms with Crippen LogP contribution < -0.4 is 0 Å². The second-order valence-electron chi connectivity index (χ2n) is 5.84. The predicted molar refractivity (Wildman–Crippen MR) is 76.3 cm³/mol. The number of rotatable bonds is 3. The van der Waals surface area contributed by atoms with Crippen LogP contribution >= 0.6 is 0 Å². The Hall–Kier alpha value is -1.61. The number of benzene rings is 1. The van der Waals surface area contributed by atoms with E-state index >= 15 is 0 Å². The number of Topliss-reactive ketones (excluding diaryl/α,β-unsaturated/α-hetero) is 2. The van der Waals surface area contributed by atoms with E-state index in [-0.39, 0.29) is 11.1 Å². The van der Waals surface area contributed by atoms with Gasteiger partial charge in [-0.15, -0.1) is 0 Å². The lowest BCUT2D eigenvalue weighted by Crippen LogP contribution is -2.68. The minimum absolute atomic E-state index is 0.0649. The Morgan fingerprint density at radius 3 is 2.14 bits per heavy atom. The van der Waals surface area contributed by atoms with Gasteiger partial charge in [-0.3, -0.25) is 23.9 Å². The molecule has 116 valence electrons. The van der Waals surface area contributed by atoms with Crippen molar-refractivity contribution in [2.24, 2.45) is 0 Å². The summed E-state index contributed by atoms with van der Waals surface area (Å²) in [4.78, 5) is 26.6. The molecule has 2 heterocycles. The van der Waals surface area contributed by atoms with E-state index in [1.54, 1.807) is 17.0 Å². The van der Waals surface area contributed by atoms with Gasteiger partial charge in [-0.25, -0.2) is 0 Å². The fourth-order valence-electron chi connectivity index (χ4n) is 3.39. The van der Waals surface area contributed by atoms with Gasteiger partial charge in [-0.2, -0.15) is 8.42 Å². The van der Waals surface area contributed by atoms with Gasteiger partial charge < -0.3 is 0 Å². The zero-order valence-electron chi connectivity index (χ0n) is 11.6. The number of hydrogen-bond acceptors (Lipinski definition) is 6. The molecule has 0 aromatic heterocycles. The SMILES string of the molecule is O=C1c2ccccc2C(=O)C(N2CC2)(S(=O)(=O)O)C1N1CC1. The maximum atomic E-state index is 13.0. The van der Waals surface area contributed by atoms with Gasteiger partial charge in [0.25, 0.3) is 10.1 Å². The molecule has 2 atom stereocenters. The maximum Gasteiger partial charge on any atom is 0.294 e. The highest BCUT2D eigenvalue weighted by Gasteiger charge is 2.70. The standard InChI is InChI=1S/C14H14N2O5S/c17-11-9-3-1-2-4-10(9)13(18)14(16-7-8-16,22(19,20)21)12(11)15-5-6-15/h1-4,12H,5-8H2,(H,19,20,21). The molecule has 7 nitrogen and oxygen atoms in total. The van der Waals surface area contributed by atoms with Crippen molar-refractivity contribution in [2.75, 3.05) is 26.2 Å². The van der Waals surface area contributed by atoms with Crippen molar-refractivity contribution in [3.63, 3.8) is 0 Å². The molecule has 0 saturated carbocycles. The van der Waals surface area contributed by atoms with Crippen LogP contribution in [-0.2, 0) is 10.1 Å². The highest BCUT2D eigenvalue weighted by Crippen LogP contribution is 2.44. The molecule has 4 rings (SSSR count). The molecule has 22 heavy (non-hydrogen) atoms. The van der Waals surface area contributed by atoms with Crippen molar-refractivity contribution in [1.29, 1.82) is 0 Å². The second-order valence-corrected chi connectivity index (χ2v) is 7.41. The average Bonchev–Trinajstić information content (AvgIpc) is 3.34. The Kier molecular flexibility index (Phi) is 2.69. The average molecular weight is 322 g/mol. The second kappa shape index (κ2) is 4.23. The Morgan fingerprint density at radius 1 is 1.05 bits per heavy atom. The number of nitrogens with zero attached hydrogens (tertiary/aromatic N) is 2. The molecule has 3 aliphatic rings. The third-order valence-electron chi connectivity index (χ3n) is 4.54. The first-order valence-corrected chi connectivity index (χ1v) is 8.47. The van der Waals surface area contributed by atoms with Crippen LogP contribution in [0.2, 0.25) is 0 Å². The van der Waals surface area contributed by atoms with Crippen molar-refractivity contribution in [3.05, 3.63) is 35.4 Å². The van der Waals surface area contributed by atoms with Crippen molar-refractivity contribution < 1.29 is 22.6 Å². The van der Waals surface area contributed by atoms with Gasteiger partial charge in [0, 0.05) is 37.3 Å². The van der Waals surface area contributed by atoms with Crippen LogP contribution in [-0.4, -0.2) is 71.4 Å². The van der Waals surface area contributed by atoms with Crippen molar-refractivity contribution in [1.82, 2.24) is 9.80 Å².